The zero-order valence-corrected chi connectivity index (χ0v) is 17.7. The first-order valence-corrected chi connectivity index (χ1v) is 10.1. The number of anilines is 1. The molecule has 7 heteroatoms. The van der Waals surface area contributed by atoms with Gasteiger partial charge >= 0.3 is 0 Å². The maximum absolute atomic E-state index is 12.5. The van der Waals surface area contributed by atoms with Gasteiger partial charge in [0.05, 0.1) is 12.2 Å². The minimum absolute atomic E-state index is 0.0729. The second-order valence-corrected chi connectivity index (χ2v) is 7.31. The van der Waals surface area contributed by atoms with Gasteiger partial charge in [0.15, 0.2) is 0 Å². The number of rotatable bonds is 9. The van der Waals surface area contributed by atoms with E-state index in [1.165, 1.54) is 0 Å². The average Bonchev–Trinajstić information content (AvgIpc) is 2.72. The van der Waals surface area contributed by atoms with Crippen molar-refractivity contribution < 1.29 is 19.1 Å². The topological polar surface area (TPSA) is 96.5 Å². The van der Waals surface area contributed by atoms with E-state index < -0.39 is 11.8 Å². The van der Waals surface area contributed by atoms with E-state index in [-0.39, 0.29) is 5.91 Å². The maximum atomic E-state index is 12.5. The molecule has 2 aromatic carbocycles. The molecular weight excluding hydrogens is 382 g/mol. The summed E-state index contributed by atoms with van der Waals surface area (Å²) in [7, 11) is 0. The van der Waals surface area contributed by atoms with Gasteiger partial charge < -0.3 is 10.1 Å². The van der Waals surface area contributed by atoms with Crippen molar-refractivity contribution in [1.82, 2.24) is 10.9 Å². The van der Waals surface area contributed by atoms with Gasteiger partial charge in [0.25, 0.3) is 11.8 Å². The van der Waals surface area contributed by atoms with E-state index in [4.69, 9.17) is 4.74 Å². The van der Waals surface area contributed by atoms with Crippen LogP contribution in [0, 0.1) is 5.92 Å². The summed E-state index contributed by atoms with van der Waals surface area (Å²) in [5.41, 5.74) is 6.12. The van der Waals surface area contributed by atoms with Crippen molar-refractivity contribution >= 4 is 23.4 Å². The summed E-state index contributed by atoms with van der Waals surface area (Å²) in [6.45, 7) is 6.64. The van der Waals surface area contributed by atoms with Crippen LogP contribution in [0.25, 0.3) is 0 Å². The molecule has 0 atom stereocenters. The van der Waals surface area contributed by atoms with Crippen LogP contribution in [0.15, 0.2) is 48.5 Å². The summed E-state index contributed by atoms with van der Waals surface area (Å²) in [4.78, 5) is 36.4. The first-order valence-electron chi connectivity index (χ1n) is 10.1. The molecule has 0 saturated heterocycles. The molecule has 0 saturated carbocycles. The number of amides is 3. The van der Waals surface area contributed by atoms with Crippen LogP contribution in [0.4, 0.5) is 5.69 Å². The summed E-state index contributed by atoms with van der Waals surface area (Å²) in [6, 6.07) is 13.3. The van der Waals surface area contributed by atoms with Crippen LogP contribution in [0.1, 0.15) is 60.7 Å². The molecule has 0 fully saturated rings. The monoisotopic (exact) mass is 411 g/mol. The van der Waals surface area contributed by atoms with E-state index in [9.17, 15) is 14.4 Å². The van der Waals surface area contributed by atoms with Crippen molar-refractivity contribution in [1.29, 1.82) is 0 Å². The SMILES string of the molecule is CCCC(=O)Nc1ccc(C(=O)NNC(=O)c2ccccc2OCCC(C)C)cc1. The quantitative estimate of drug-likeness (QED) is 0.545. The van der Waals surface area contributed by atoms with E-state index in [1.54, 1.807) is 48.5 Å². The van der Waals surface area contributed by atoms with Gasteiger partial charge in [-0.25, -0.2) is 0 Å². The Labute approximate surface area is 177 Å². The van der Waals surface area contributed by atoms with Crippen LogP contribution in [-0.4, -0.2) is 24.3 Å². The molecule has 160 valence electrons. The van der Waals surface area contributed by atoms with E-state index in [2.05, 4.69) is 30.0 Å². The third-order valence-electron chi connectivity index (χ3n) is 4.28. The predicted octanol–water partition coefficient (Wildman–Crippen LogP) is 3.92. The zero-order chi connectivity index (χ0) is 21.9. The van der Waals surface area contributed by atoms with Crippen LogP contribution in [0.5, 0.6) is 5.75 Å². The van der Waals surface area contributed by atoms with Gasteiger partial charge in [-0.1, -0.05) is 32.9 Å². The Morgan fingerprint density at radius 2 is 1.60 bits per heavy atom. The van der Waals surface area contributed by atoms with Crippen LogP contribution >= 0.6 is 0 Å². The Hall–Kier alpha value is -3.35. The number of hydrogen-bond donors (Lipinski definition) is 3. The molecular formula is C23H29N3O4. The molecule has 2 rings (SSSR count). The lowest BCUT2D eigenvalue weighted by Crippen LogP contribution is -2.41. The van der Waals surface area contributed by atoms with Crippen molar-refractivity contribution in [2.24, 2.45) is 5.92 Å². The highest BCUT2D eigenvalue weighted by molar-refractivity contribution is 6.00. The molecule has 7 nitrogen and oxygen atoms in total. The van der Waals surface area contributed by atoms with Crippen molar-refractivity contribution in [2.45, 2.75) is 40.0 Å². The molecule has 0 aromatic heterocycles. The van der Waals surface area contributed by atoms with E-state index in [0.717, 1.165) is 12.8 Å². The van der Waals surface area contributed by atoms with Gasteiger partial charge in [-0.2, -0.15) is 0 Å². The molecule has 3 amide bonds. The predicted molar refractivity (Wildman–Crippen MR) is 116 cm³/mol. The molecule has 0 aliphatic rings. The van der Waals surface area contributed by atoms with Gasteiger partial charge in [0.2, 0.25) is 5.91 Å². The van der Waals surface area contributed by atoms with Crippen LogP contribution < -0.4 is 20.9 Å². The van der Waals surface area contributed by atoms with Crippen molar-refractivity contribution in [3.05, 3.63) is 59.7 Å². The number of para-hydroxylation sites is 1. The largest absolute Gasteiger partial charge is 0.493 e. The third kappa shape index (κ3) is 7.24. The fourth-order valence-corrected chi connectivity index (χ4v) is 2.59. The summed E-state index contributed by atoms with van der Waals surface area (Å²) in [5, 5.41) is 2.76. The van der Waals surface area contributed by atoms with Gasteiger partial charge in [0.1, 0.15) is 5.75 Å². The fraction of sp³-hybridized carbons (Fsp3) is 0.348. The first kappa shape index (κ1) is 22.9. The Bertz CT molecular complexity index is 863. The van der Waals surface area contributed by atoms with E-state index >= 15 is 0 Å². The Morgan fingerprint density at radius 1 is 0.933 bits per heavy atom. The highest BCUT2D eigenvalue weighted by Crippen LogP contribution is 2.18. The summed E-state index contributed by atoms with van der Waals surface area (Å²) < 4.78 is 5.71. The van der Waals surface area contributed by atoms with Crippen LogP contribution in [-0.2, 0) is 4.79 Å². The molecule has 0 radical (unpaired) electrons. The molecule has 0 aliphatic heterocycles. The molecule has 0 aliphatic carbocycles. The lowest BCUT2D eigenvalue weighted by molar-refractivity contribution is -0.116. The molecule has 0 spiro atoms. The fourth-order valence-electron chi connectivity index (χ4n) is 2.59. The first-order chi connectivity index (χ1) is 14.4. The number of hydrazine groups is 1. The number of hydrogen-bond acceptors (Lipinski definition) is 4. The van der Waals surface area contributed by atoms with Crippen molar-refractivity contribution in [3.63, 3.8) is 0 Å². The number of ether oxygens (including phenoxy) is 1. The normalized spacial score (nSPS) is 10.4. The van der Waals surface area contributed by atoms with Gasteiger partial charge in [0, 0.05) is 17.7 Å². The van der Waals surface area contributed by atoms with E-state index in [1.807, 2.05) is 6.92 Å². The number of benzene rings is 2. The molecule has 0 unspecified atom stereocenters. The minimum Gasteiger partial charge on any atom is -0.493 e. The molecule has 3 N–H and O–H groups in total. The number of nitrogens with one attached hydrogen (secondary N) is 3. The van der Waals surface area contributed by atoms with Gasteiger partial charge in [-0.05, 0) is 55.2 Å². The summed E-state index contributed by atoms with van der Waals surface area (Å²) >= 11 is 0. The van der Waals surface area contributed by atoms with Gasteiger partial charge in [-0.3, -0.25) is 25.2 Å². The maximum Gasteiger partial charge on any atom is 0.273 e. The molecule has 0 heterocycles. The minimum atomic E-state index is -0.466. The summed E-state index contributed by atoms with van der Waals surface area (Å²) in [5.74, 6) is -0.0371. The van der Waals surface area contributed by atoms with Crippen molar-refractivity contribution in [2.75, 3.05) is 11.9 Å². The zero-order valence-electron chi connectivity index (χ0n) is 17.7. The third-order valence-corrected chi connectivity index (χ3v) is 4.28. The van der Waals surface area contributed by atoms with E-state index in [0.29, 0.717) is 41.5 Å². The second-order valence-electron chi connectivity index (χ2n) is 7.31. The van der Waals surface area contributed by atoms with Gasteiger partial charge in [-0.15, -0.1) is 0 Å². The molecule has 0 bridgehead atoms. The van der Waals surface area contributed by atoms with Crippen LogP contribution in [0.2, 0.25) is 0 Å². The Kier molecular flexibility index (Phi) is 8.87. The Balaban J connectivity index is 1.91. The standard InChI is InChI=1S/C23H29N3O4/c1-4-7-21(27)24-18-12-10-17(11-13-18)22(28)25-26-23(29)19-8-5-6-9-20(19)30-15-14-16(2)3/h5-6,8-13,16H,4,7,14-15H2,1-3H3,(H,24,27)(H,25,28)(H,26,29). The molecule has 2 aromatic rings. The second kappa shape index (κ2) is 11.6. The number of carbonyl (C=O) groups excluding carboxylic acids is 3. The number of carbonyl (C=O) groups is 3. The highest BCUT2D eigenvalue weighted by atomic mass is 16.5. The molecule has 30 heavy (non-hydrogen) atoms. The highest BCUT2D eigenvalue weighted by Gasteiger charge is 2.14. The average molecular weight is 412 g/mol. The van der Waals surface area contributed by atoms with Crippen molar-refractivity contribution in [3.8, 4) is 5.75 Å². The lowest BCUT2D eigenvalue weighted by Gasteiger charge is -2.13. The lowest BCUT2D eigenvalue weighted by atomic mass is 10.1. The smallest absolute Gasteiger partial charge is 0.273 e. The summed E-state index contributed by atoms with van der Waals surface area (Å²) in [6.07, 6.45) is 2.08. The Morgan fingerprint density at radius 3 is 2.27 bits per heavy atom. The van der Waals surface area contributed by atoms with Crippen LogP contribution in [0.3, 0.4) is 0 Å².